The van der Waals surface area contributed by atoms with Crippen molar-refractivity contribution >= 4 is 39.5 Å². The minimum Gasteiger partial charge on any atom is -0.341 e. The maximum absolute atomic E-state index is 12.1. The Morgan fingerprint density at radius 1 is 1.04 bits per heavy atom. The number of hydrogen-bond donors (Lipinski definition) is 3. The van der Waals surface area contributed by atoms with Crippen molar-refractivity contribution < 1.29 is 19.2 Å². The van der Waals surface area contributed by atoms with Gasteiger partial charge in [-0.15, -0.1) is 0 Å². The fourth-order valence-corrected chi connectivity index (χ4v) is 2.00. The van der Waals surface area contributed by atoms with E-state index in [-0.39, 0.29) is 11.8 Å². The molecular weight excluding hydrogens is 390 g/mol. The van der Waals surface area contributed by atoms with Gasteiger partial charge in [0.05, 0.1) is 6.42 Å². The van der Waals surface area contributed by atoms with Crippen LogP contribution in [0.2, 0.25) is 0 Å². The summed E-state index contributed by atoms with van der Waals surface area (Å²) in [7, 11) is 0. The van der Waals surface area contributed by atoms with Crippen molar-refractivity contribution in [3.8, 4) is 0 Å². The van der Waals surface area contributed by atoms with E-state index in [0.29, 0.717) is 5.69 Å². The maximum Gasteiger partial charge on any atom is 0.332 e. The average molecular weight is 414 g/mol. The van der Waals surface area contributed by atoms with E-state index >= 15 is 0 Å². The molecule has 0 radical (unpaired) electrons. The lowest BCUT2D eigenvalue weighted by Gasteiger charge is -2.25. The first-order valence-corrected chi connectivity index (χ1v) is 8.53. The van der Waals surface area contributed by atoms with E-state index in [1.54, 1.807) is 24.3 Å². The molecule has 1 aromatic rings. The topological polar surface area (TPSA) is 96.5 Å². The van der Waals surface area contributed by atoms with E-state index in [1.807, 2.05) is 20.8 Å². The highest BCUT2D eigenvalue weighted by atomic mass is 79.9. The minimum atomic E-state index is -1.28. The van der Waals surface area contributed by atoms with E-state index in [0.717, 1.165) is 4.47 Å². The monoisotopic (exact) mass is 413 g/mol. The molecule has 1 rings (SSSR count). The smallest absolute Gasteiger partial charge is 0.332 e. The largest absolute Gasteiger partial charge is 0.341 e. The predicted molar refractivity (Wildman–Crippen MR) is 98.7 cm³/mol. The molecule has 138 valence electrons. The summed E-state index contributed by atoms with van der Waals surface area (Å²) in [6, 6.07) is 6.43. The molecule has 0 heterocycles. The van der Waals surface area contributed by atoms with Gasteiger partial charge >= 0.3 is 12.0 Å². The van der Waals surface area contributed by atoms with E-state index < -0.39 is 23.4 Å². The van der Waals surface area contributed by atoms with Crippen LogP contribution in [0.4, 0.5) is 10.5 Å². The molecule has 0 spiro atoms. The summed E-state index contributed by atoms with van der Waals surface area (Å²) in [6.45, 7) is 8.65. The van der Waals surface area contributed by atoms with Crippen molar-refractivity contribution in [2.75, 3.05) is 5.32 Å². The van der Waals surface area contributed by atoms with E-state index in [2.05, 4.69) is 32.0 Å². The zero-order valence-corrected chi connectivity index (χ0v) is 16.6. The van der Waals surface area contributed by atoms with Crippen molar-refractivity contribution in [1.82, 2.24) is 10.8 Å². The molecule has 0 fully saturated rings. The van der Waals surface area contributed by atoms with Gasteiger partial charge in [0, 0.05) is 10.2 Å². The Morgan fingerprint density at radius 2 is 1.60 bits per heavy atom. The lowest BCUT2D eigenvalue weighted by Crippen LogP contribution is -2.56. The number of anilines is 1. The molecule has 8 heteroatoms. The summed E-state index contributed by atoms with van der Waals surface area (Å²) in [5, 5.41) is 5.14. The molecule has 0 atom stereocenters. The Morgan fingerprint density at radius 3 is 2.12 bits per heavy atom. The van der Waals surface area contributed by atoms with Gasteiger partial charge in [0.25, 0.3) is 5.91 Å². The third-order valence-corrected chi connectivity index (χ3v) is 3.56. The predicted octanol–water partition coefficient (Wildman–Crippen LogP) is 3.36. The molecule has 0 aliphatic heterocycles. The van der Waals surface area contributed by atoms with E-state index in [9.17, 15) is 14.4 Å². The van der Waals surface area contributed by atoms with Crippen LogP contribution in [-0.2, 0) is 14.4 Å². The zero-order valence-electron chi connectivity index (χ0n) is 15.0. The van der Waals surface area contributed by atoms with Crippen LogP contribution in [0.15, 0.2) is 28.7 Å². The molecule has 7 nitrogen and oxygen atoms in total. The summed E-state index contributed by atoms with van der Waals surface area (Å²) in [5.41, 5.74) is 1.14. The normalized spacial score (nSPS) is 11.4. The van der Waals surface area contributed by atoms with Gasteiger partial charge in [0.15, 0.2) is 0 Å². The van der Waals surface area contributed by atoms with E-state index in [1.165, 1.54) is 13.8 Å². The van der Waals surface area contributed by atoms with Gasteiger partial charge in [-0.25, -0.2) is 9.59 Å². The number of amides is 3. The number of halogens is 1. The molecule has 0 aromatic heterocycles. The molecule has 0 saturated carbocycles. The van der Waals surface area contributed by atoms with Gasteiger partial charge in [-0.3, -0.25) is 4.79 Å². The molecule has 0 unspecified atom stereocenters. The summed E-state index contributed by atoms with van der Waals surface area (Å²) in [6.07, 6.45) is 0.158. The Hall–Kier alpha value is -2.09. The molecule has 0 aliphatic rings. The highest BCUT2D eigenvalue weighted by Gasteiger charge is 2.31. The fraction of sp³-hybridized carbons (Fsp3) is 0.471. The van der Waals surface area contributed by atoms with Crippen molar-refractivity contribution in [3.05, 3.63) is 28.7 Å². The molecule has 25 heavy (non-hydrogen) atoms. The Bertz CT molecular complexity index is 636. The molecule has 0 bridgehead atoms. The van der Waals surface area contributed by atoms with Crippen molar-refractivity contribution in [1.29, 1.82) is 0 Å². The van der Waals surface area contributed by atoms with Crippen LogP contribution in [0.3, 0.4) is 0 Å². The summed E-state index contributed by atoms with van der Waals surface area (Å²) < 4.78 is 0.884. The minimum absolute atomic E-state index is 0.158. The third-order valence-electron chi connectivity index (χ3n) is 3.03. The van der Waals surface area contributed by atoms with Crippen molar-refractivity contribution in [3.63, 3.8) is 0 Å². The van der Waals surface area contributed by atoms with Crippen LogP contribution < -0.4 is 16.1 Å². The standard InChI is InChI=1S/C17H24BrN3O4/c1-16(2,3)10-13(22)25-21-14(23)17(4,5)20-15(24)19-12-8-6-11(18)7-9-12/h6-9H,10H2,1-5H3,(H,21,23)(H2,19,20,24). The van der Waals surface area contributed by atoms with E-state index in [4.69, 9.17) is 4.84 Å². The lowest BCUT2D eigenvalue weighted by atomic mass is 9.93. The number of rotatable bonds is 4. The van der Waals surface area contributed by atoms with Gasteiger partial charge in [0.1, 0.15) is 5.54 Å². The van der Waals surface area contributed by atoms with Gasteiger partial charge in [0.2, 0.25) is 0 Å². The van der Waals surface area contributed by atoms with Crippen molar-refractivity contribution in [2.45, 2.75) is 46.6 Å². The zero-order chi connectivity index (χ0) is 19.3. The Labute approximate surface area is 156 Å². The Kier molecular flexibility index (Phi) is 6.98. The number of nitrogens with one attached hydrogen (secondary N) is 3. The molecule has 0 aliphatic carbocycles. The number of carbonyl (C=O) groups is 3. The molecule has 1 aromatic carbocycles. The second kappa shape index (κ2) is 8.33. The van der Waals surface area contributed by atoms with Crippen LogP contribution in [-0.4, -0.2) is 23.4 Å². The summed E-state index contributed by atoms with van der Waals surface area (Å²) in [4.78, 5) is 40.6. The first-order valence-electron chi connectivity index (χ1n) is 7.74. The molecule has 3 amide bonds. The highest BCUT2D eigenvalue weighted by molar-refractivity contribution is 9.10. The van der Waals surface area contributed by atoms with Crippen LogP contribution in [0.25, 0.3) is 0 Å². The molecular formula is C17H24BrN3O4. The highest BCUT2D eigenvalue weighted by Crippen LogP contribution is 2.18. The number of hydroxylamine groups is 1. The molecule has 0 saturated heterocycles. The second-order valence-electron chi connectivity index (χ2n) is 7.35. The van der Waals surface area contributed by atoms with Crippen LogP contribution >= 0.6 is 15.9 Å². The SMILES string of the molecule is CC(C)(C)CC(=O)ONC(=O)C(C)(C)NC(=O)Nc1ccc(Br)cc1. The fourth-order valence-electron chi connectivity index (χ4n) is 1.74. The quantitative estimate of drug-likeness (QED) is 0.659. The number of hydrogen-bond acceptors (Lipinski definition) is 4. The summed E-state index contributed by atoms with van der Waals surface area (Å²) >= 11 is 3.30. The number of urea groups is 1. The molecule has 3 N–H and O–H groups in total. The Balaban J connectivity index is 2.52. The number of benzene rings is 1. The van der Waals surface area contributed by atoms with Gasteiger partial charge in [-0.1, -0.05) is 36.7 Å². The van der Waals surface area contributed by atoms with Gasteiger partial charge < -0.3 is 15.5 Å². The summed E-state index contributed by atoms with van der Waals surface area (Å²) in [5.74, 6) is -1.18. The van der Waals surface area contributed by atoms with Gasteiger partial charge in [-0.2, -0.15) is 5.48 Å². The van der Waals surface area contributed by atoms with Crippen LogP contribution in [0, 0.1) is 5.41 Å². The number of carbonyl (C=O) groups excluding carboxylic acids is 3. The maximum atomic E-state index is 12.1. The second-order valence-corrected chi connectivity index (χ2v) is 8.27. The van der Waals surface area contributed by atoms with Crippen molar-refractivity contribution in [2.24, 2.45) is 5.41 Å². The van der Waals surface area contributed by atoms with Crippen LogP contribution in [0.5, 0.6) is 0 Å². The first kappa shape index (κ1) is 21.0. The average Bonchev–Trinajstić information content (AvgIpc) is 2.44. The van der Waals surface area contributed by atoms with Crippen LogP contribution in [0.1, 0.15) is 41.0 Å². The third kappa shape index (κ3) is 8.02. The lowest BCUT2D eigenvalue weighted by molar-refractivity contribution is -0.161. The first-order chi connectivity index (χ1) is 11.4. The van der Waals surface area contributed by atoms with Gasteiger partial charge in [-0.05, 0) is 43.5 Å².